The molecule has 0 aliphatic rings. The molecule has 0 fully saturated rings. The minimum absolute atomic E-state index is 0.461. The molecule has 0 aliphatic heterocycles. The standard InChI is InChI=1S/C64H48N2O4/c1-5-63(67)69-57-37-49-29-35-55(39-59(49)61(41-57)47-21-17-43(3)18-22-47)65(51-13-9-7-10-14-51)53-31-25-45(26-32-53)46-27-33-54(34-28-46)66(52-15-11-8-12-16-52)56-36-30-50-38-58(70-64(68)6-2)42-62(60(50)40-56)48-23-19-44(4)20-24-48/h5-42H,1-2H2,3-4H3. The second kappa shape index (κ2) is 19.5. The summed E-state index contributed by atoms with van der Waals surface area (Å²) in [5.41, 5.74) is 14.4. The average molecular weight is 909 g/mol. The fourth-order valence-electron chi connectivity index (χ4n) is 8.95. The second-order valence-electron chi connectivity index (χ2n) is 17.2. The normalized spacial score (nSPS) is 10.9. The number of para-hydroxylation sites is 2. The summed E-state index contributed by atoms with van der Waals surface area (Å²) in [6, 6.07) is 75.3. The third-order valence-electron chi connectivity index (χ3n) is 12.4. The zero-order valence-corrected chi connectivity index (χ0v) is 38.9. The van der Waals surface area contributed by atoms with E-state index in [0.717, 1.165) is 100 Å². The Kier molecular flexibility index (Phi) is 12.4. The first-order valence-corrected chi connectivity index (χ1v) is 23.1. The van der Waals surface area contributed by atoms with Crippen molar-refractivity contribution in [1.82, 2.24) is 0 Å². The lowest BCUT2D eigenvalue weighted by atomic mass is 9.96. The summed E-state index contributed by atoms with van der Waals surface area (Å²) in [6.07, 6.45) is 2.35. The zero-order chi connectivity index (χ0) is 48.1. The molecule has 0 amide bonds. The number of carbonyl (C=O) groups is 2. The van der Waals surface area contributed by atoms with Gasteiger partial charge in [0.05, 0.1) is 0 Å². The van der Waals surface area contributed by atoms with Gasteiger partial charge in [-0.1, -0.05) is 146 Å². The lowest BCUT2D eigenvalue weighted by Gasteiger charge is -2.27. The largest absolute Gasteiger partial charge is 0.423 e. The van der Waals surface area contributed by atoms with E-state index in [2.05, 4.69) is 219 Å². The molecule has 0 aliphatic carbocycles. The van der Waals surface area contributed by atoms with Crippen molar-refractivity contribution in [2.75, 3.05) is 9.80 Å². The Morgan fingerprint density at radius 3 is 1.06 bits per heavy atom. The van der Waals surface area contributed by atoms with Crippen LogP contribution in [-0.4, -0.2) is 11.9 Å². The van der Waals surface area contributed by atoms with Crippen molar-refractivity contribution in [3.63, 3.8) is 0 Å². The Morgan fingerprint density at radius 2 is 0.700 bits per heavy atom. The SMILES string of the molecule is C=CC(=O)Oc1cc(-c2ccc(C)cc2)c2cc(N(c3ccccc3)c3ccc(-c4ccc(N(c5ccccc5)c5ccc6cc(OC(=O)C=C)cc(-c7ccc(C)cc7)c6c5)cc4)cc3)ccc2c1. The van der Waals surface area contributed by atoms with Gasteiger partial charge >= 0.3 is 11.9 Å². The minimum Gasteiger partial charge on any atom is -0.423 e. The van der Waals surface area contributed by atoms with Crippen molar-refractivity contribution in [2.45, 2.75) is 13.8 Å². The number of carbonyl (C=O) groups excluding carboxylic acids is 2. The van der Waals surface area contributed by atoms with Crippen LogP contribution in [0.15, 0.2) is 244 Å². The van der Waals surface area contributed by atoms with Gasteiger partial charge in [0.2, 0.25) is 0 Å². The first kappa shape index (κ1) is 44.6. The van der Waals surface area contributed by atoms with E-state index in [4.69, 9.17) is 9.47 Å². The van der Waals surface area contributed by atoms with Crippen molar-refractivity contribution < 1.29 is 19.1 Å². The molecule has 70 heavy (non-hydrogen) atoms. The van der Waals surface area contributed by atoms with Gasteiger partial charge in [-0.05, 0) is 166 Å². The Labute approximate surface area is 408 Å². The van der Waals surface area contributed by atoms with E-state index in [1.54, 1.807) is 0 Å². The van der Waals surface area contributed by atoms with E-state index in [1.165, 1.54) is 12.2 Å². The predicted octanol–water partition coefficient (Wildman–Crippen LogP) is 16.7. The van der Waals surface area contributed by atoms with Crippen LogP contribution >= 0.6 is 0 Å². The third kappa shape index (κ3) is 9.35. The topological polar surface area (TPSA) is 59.1 Å². The average Bonchev–Trinajstić information content (AvgIpc) is 3.40. The van der Waals surface area contributed by atoms with E-state index in [-0.39, 0.29) is 0 Å². The molecule has 0 saturated carbocycles. The zero-order valence-electron chi connectivity index (χ0n) is 38.9. The van der Waals surface area contributed by atoms with Gasteiger partial charge in [0.15, 0.2) is 0 Å². The molecule has 10 rings (SSSR count). The first-order valence-electron chi connectivity index (χ1n) is 23.1. The molecule has 6 nitrogen and oxygen atoms in total. The number of ether oxygens (including phenoxy) is 2. The van der Waals surface area contributed by atoms with Crippen LogP contribution in [0, 0.1) is 13.8 Å². The van der Waals surface area contributed by atoms with Crippen molar-refractivity contribution in [3.8, 4) is 44.9 Å². The highest BCUT2D eigenvalue weighted by Crippen LogP contribution is 2.43. The highest BCUT2D eigenvalue weighted by atomic mass is 16.5. The van der Waals surface area contributed by atoms with Crippen LogP contribution in [-0.2, 0) is 9.59 Å². The molecular weight excluding hydrogens is 861 g/mol. The van der Waals surface area contributed by atoms with Crippen LogP contribution in [0.2, 0.25) is 0 Å². The highest BCUT2D eigenvalue weighted by molar-refractivity contribution is 6.03. The maximum atomic E-state index is 12.3. The van der Waals surface area contributed by atoms with Crippen LogP contribution < -0.4 is 19.3 Å². The molecule has 0 aromatic heterocycles. The van der Waals surface area contributed by atoms with Gasteiger partial charge in [0.25, 0.3) is 0 Å². The summed E-state index contributed by atoms with van der Waals surface area (Å²) in [5.74, 6) is -0.0852. The molecular formula is C64H48N2O4. The Bertz CT molecular complexity index is 3310. The van der Waals surface area contributed by atoms with E-state index < -0.39 is 11.9 Å². The number of nitrogens with zero attached hydrogens (tertiary/aromatic N) is 2. The Hall–Kier alpha value is -9.26. The number of hydrogen-bond donors (Lipinski definition) is 0. The number of benzene rings is 10. The summed E-state index contributed by atoms with van der Waals surface area (Å²) in [7, 11) is 0. The number of anilines is 6. The summed E-state index contributed by atoms with van der Waals surface area (Å²) in [4.78, 5) is 29.1. The number of rotatable bonds is 13. The quantitative estimate of drug-likeness (QED) is 0.0653. The summed E-state index contributed by atoms with van der Waals surface area (Å²) < 4.78 is 11.3. The summed E-state index contributed by atoms with van der Waals surface area (Å²) >= 11 is 0. The monoisotopic (exact) mass is 908 g/mol. The molecule has 0 radical (unpaired) electrons. The van der Waals surface area contributed by atoms with Crippen molar-refractivity contribution in [2.24, 2.45) is 0 Å². The smallest absolute Gasteiger partial charge is 0.335 e. The predicted molar refractivity (Wildman–Crippen MR) is 288 cm³/mol. The first-order chi connectivity index (χ1) is 34.2. The second-order valence-corrected chi connectivity index (χ2v) is 17.2. The Morgan fingerprint density at radius 1 is 0.371 bits per heavy atom. The van der Waals surface area contributed by atoms with Crippen LogP contribution in [0.3, 0.4) is 0 Å². The van der Waals surface area contributed by atoms with Crippen molar-refractivity contribution in [1.29, 1.82) is 0 Å². The van der Waals surface area contributed by atoms with Crippen LogP contribution in [0.5, 0.6) is 11.5 Å². The number of aryl methyl sites for hydroxylation is 2. The molecule has 0 unspecified atom stereocenters. The molecule has 338 valence electrons. The van der Waals surface area contributed by atoms with Crippen LogP contribution in [0.4, 0.5) is 34.1 Å². The molecule has 6 heteroatoms. The molecule has 0 N–H and O–H groups in total. The number of esters is 2. The van der Waals surface area contributed by atoms with Crippen LogP contribution in [0.25, 0.3) is 54.9 Å². The number of hydrogen-bond acceptors (Lipinski definition) is 6. The lowest BCUT2D eigenvalue weighted by Crippen LogP contribution is -2.10. The maximum absolute atomic E-state index is 12.3. The van der Waals surface area contributed by atoms with Gasteiger partial charge in [0.1, 0.15) is 11.5 Å². The summed E-state index contributed by atoms with van der Waals surface area (Å²) in [5, 5.41) is 3.94. The van der Waals surface area contributed by atoms with Gasteiger partial charge in [-0.25, -0.2) is 9.59 Å². The van der Waals surface area contributed by atoms with E-state index >= 15 is 0 Å². The van der Waals surface area contributed by atoms with Gasteiger partial charge in [-0.15, -0.1) is 0 Å². The summed E-state index contributed by atoms with van der Waals surface area (Å²) in [6.45, 7) is 11.3. The highest BCUT2D eigenvalue weighted by Gasteiger charge is 2.19. The number of fused-ring (bicyclic) bond motifs is 2. The Balaban J connectivity index is 1.00. The van der Waals surface area contributed by atoms with E-state index in [1.807, 2.05) is 36.4 Å². The molecule has 10 aromatic carbocycles. The van der Waals surface area contributed by atoms with Gasteiger partial charge in [-0.2, -0.15) is 0 Å². The third-order valence-corrected chi connectivity index (χ3v) is 12.4. The van der Waals surface area contributed by atoms with E-state index in [9.17, 15) is 9.59 Å². The van der Waals surface area contributed by atoms with Gasteiger partial charge in [-0.3, -0.25) is 0 Å². The molecule has 0 spiro atoms. The van der Waals surface area contributed by atoms with Gasteiger partial charge in [0, 0.05) is 46.3 Å². The maximum Gasteiger partial charge on any atom is 0.335 e. The fourth-order valence-corrected chi connectivity index (χ4v) is 8.95. The molecule has 10 aromatic rings. The van der Waals surface area contributed by atoms with Crippen molar-refractivity contribution in [3.05, 3.63) is 255 Å². The lowest BCUT2D eigenvalue weighted by molar-refractivity contribution is -0.129. The van der Waals surface area contributed by atoms with E-state index in [0.29, 0.717) is 11.5 Å². The minimum atomic E-state index is -0.504. The van der Waals surface area contributed by atoms with Gasteiger partial charge < -0.3 is 19.3 Å². The molecule has 0 atom stereocenters. The molecule has 0 saturated heterocycles. The van der Waals surface area contributed by atoms with Crippen molar-refractivity contribution >= 4 is 67.6 Å². The fraction of sp³-hybridized carbons (Fsp3) is 0.0312. The molecule has 0 heterocycles. The molecule has 0 bridgehead atoms. The van der Waals surface area contributed by atoms with Crippen LogP contribution in [0.1, 0.15) is 11.1 Å².